The lowest BCUT2D eigenvalue weighted by molar-refractivity contribution is -0.145. The van der Waals surface area contributed by atoms with Gasteiger partial charge in [0.2, 0.25) is 0 Å². The average Bonchev–Trinajstić information content (AvgIpc) is 3.37. The summed E-state index contributed by atoms with van der Waals surface area (Å²) in [5.74, 6) is -1.40. The quantitative estimate of drug-likeness (QED) is 0.493. The number of rotatable bonds is 6. The van der Waals surface area contributed by atoms with Crippen molar-refractivity contribution in [3.05, 3.63) is 28.8 Å². The van der Waals surface area contributed by atoms with Crippen LogP contribution in [-0.4, -0.2) is 53.3 Å². The summed E-state index contributed by atoms with van der Waals surface area (Å²) in [7, 11) is 0. The molecule has 1 fully saturated rings. The molecule has 0 radical (unpaired) electrons. The zero-order valence-corrected chi connectivity index (χ0v) is 17.7. The Hall–Kier alpha value is -2.53. The van der Waals surface area contributed by atoms with Crippen LogP contribution in [0.25, 0.3) is 16.8 Å². The lowest BCUT2D eigenvalue weighted by atomic mass is 9.78. The van der Waals surface area contributed by atoms with E-state index in [0.29, 0.717) is 48.2 Å². The topological polar surface area (TPSA) is 132 Å². The molecule has 3 aromatic heterocycles. The fourth-order valence-corrected chi connectivity index (χ4v) is 4.68. The Bertz CT molecular complexity index is 1080. The van der Waals surface area contributed by atoms with Gasteiger partial charge in [-0.3, -0.25) is 4.68 Å². The van der Waals surface area contributed by atoms with Crippen LogP contribution >= 0.6 is 15.9 Å². The number of halogens is 2. The van der Waals surface area contributed by atoms with Crippen LogP contribution in [0.4, 0.5) is 10.2 Å². The zero-order valence-electron chi connectivity index (χ0n) is 16.1. The number of aliphatic carboxylic acids is 1. The Morgan fingerprint density at radius 3 is 2.70 bits per heavy atom. The van der Waals surface area contributed by atoms with Gasteiger partial charge in [0.15, 0.2) is 11.8 Å². The van der Waals surface area contributed by atoms with Gasteiger partial charge >= 0.3 is 5.97 Å². The molecule has 1 aliphatic carbocycles. The van der Waals surface area contributed by atoms with Crippen LogP contribution < -0.4 is 5.73 Å². The van der Waals surface area contributed by atoms with Crippen molar-refractivity contribution in [3.8, 4) is 11.1 Å². The van der Waals surface area contributed by atoms with Gasteiger partial charge in [-0.05, 0) is 41.6 Å². The van der Waals surface area contributed by atoms with Crippen molar-refractivity contribution in [2.24, 2.45) is 5.92 Å². The standard InChI is InChI=1S/C19H22BrFN6O3/c20-14-16(11-3-1-10(2-4-11)15(21)19(29)30)25-18-13(8-24-27(18)17(14)22)12-7-23-26(9-12)5-6-28/h7-11,15,28H,1-6,22H2,(H,29,30). The Labute approximate surface area is 179 Å². The second-order valence-electron chi connectivity index (χ2n) is 7.56. The number of aromatic nitrogens is 5. The SMILES string of the molecule is Nc1c(Br)c(C2CCC(C(F)C(=O)O)CC2)nc2c(-c3cnn(CCO)c3)cnn12. The van der Waals surface area contributed by atoms with Gasteiger partial charge in [-0.25, -0.2) is 14.2 Å². The van der Waals surface area contributed by atoms with Crippen LogP contribution in [0.1, 0.15) is 37.3 Å². The molecule has 0 aliphatic heterocycles. The van der Waals surface area contributed by atoms with Crippen LogP contribution in [-0.2, 0) is 11.3 Å². The molecule has 4 N–H and O–H groups in total. The monoisotopic (exact) mass is 480 g/mol. The van der Waals surface area contributed by atoms with Crippen molar-refractivity contribution in [1.82, 2.24) is 24.4 Å². The van der Waals surface area contributed by atoms with Crippen molar-refractivity contribution in [2.75, 3.05) is 12.3 Å². The van der Waals surface area contributed by atoms with Crippen molar-refractivity contribution in [1.29, 1.82) is 0 Å². The molecule has 0 spiro atoms. The van der Waals surface area contributed by atoms with Gasteiger partial charge in [0, 0.05) is 29.2 Å². The Morgan fingerprint density at radius 2 is 2.03 bits per heavy atom. The summed E-state index contributed by atoms with van der Waals surface area (Å²) in [6.07, 6.45) is 5.58. The highest BCUT2D eigenvalue weighted by atomic mass is 79.9. The summed E-state index contributed by atoms with van der Waals surface area (Å²) in [4.78, 5) is 15.8. The van der Waals surface area contributed by atoms with E-state index in [1.807, 2.05) is 6.20 Å². The summed E-state index contributed by atoms with van der Waals surface area (Å²) in [5.41, 5.74) is 9.24. The third-order valence-electron chi connectivity index (χ3n) is 5.73. The van der Waals surface area contributed by atoms with Gasteiger partial charge in [0.1, 0.15) is 5.82 Å². The van der Waals surface area contributed by atoms with Crippen molar-refractivity contribution < 1.29 is 19.4 Å². The highest BCUT2D eigenvalue weighted by Crippen LogP contribution is 2.41. The Balaban J connectivity index is 1.66. The molecule has 3 aromatic rings. The van der Waals surface area contributed by atoms with Gasteiger partial charge in [-0.2, -0.15) is 14.7 Å². The van der Waals surface area contributed by atoms with Gasteiger partial charge < -0.3 is 15.9 Å². The fraction of sp³-hybridized carbons (Fsp3) is 0.474. The number of nitrogen functional groups attached to an aromatic ring is 1. The van der Waals surface area contributed by atoms with E-state index >= 15 is 0 Å². The maximum atomic E-state index is 13.9. The summed E-state index contributed by atoms with van der Waals surface area (Å²) in [5, 5.41) is 26.6. The number of fused-ring (bicyclic) bond motifs is 1. The largest absolute Gasteiger partial charge is 0.479 e. The molecular weight excluding hydrogens is 459 g/mol. The number of anilines is 1. The minimum Gasteiger partial charge on any atom is -0.479 e. The fourth-order valence-electron chi connectivity index (χ4n) is 4.10. The molecule has 0 saturated heterocycles. The van der Waals surface area contributed by atoms with E-state index in [-0.39, 0.29) is 12.5 Å². The minimum atomic E-state index is -1.83. The number of aliphatic hydroxyl groups is 1. The maximum Gasteiger partial charge on any atom is 0.338 e. The number of carbonyl (C=O) groups is 1. The van der Waals surface area contributed by atoms with Crippen LogP contribution in [0, 0.1) is 5.92 Å². The van der Waals surface area contributed by atoms with Crippen LogP contribution in [0.15, 0.2) is 23.1 Å². The van der Waals surface area contributed by atoms with Gasteiger partial charge in [-0.1, -0.05) is 0 Å². The van der Waals surface area contributed by atoms with Crippen LogP contribution in [0.3, 0.4) is 0 Å². The minimum absolute atomic E-state index is 0.0114. The third-order valence-corrected chi connectivity index (χ3v) is 6.54. The van der Waals surface area contributed by atoms with E-state index in [9.17, 15) is 9.18 Å². The molecule has 160 valence electrons. The lowest BCUT2D eigenvalue weighted by Crippen LogP contribution is -2.28. The smallest absolute Gasteiger partial charge is 0.338 e. The van der Waals surface area contributed by atoms with E-state index in [4.69, 9.17) is 20.9 Å². The number of nitrogens with two attached hydrogens (primary N) is 1. The number of hydrogen-bond donors (Lipinski definition) is 3. The van der Waals surface area contributed by atoms with E-state index in [1.54, 1.807) is 21.6 Å². The molecule has 1 aliphatic rings. The molecule has 3 heterocycles. The average molecular weight is 481 g/mol. The summed E-state index contributed by atoms with van der Waals surface area (Å²) in [6, 6.07) is 0. The molecule has 1 atom stereocenters. The number of aliphatic hydroxyl groups excluding tert-OH is 1. The number of carboxylic acids is 1. The molecular formula is C19H22BrFN6O3. The molecule has 0 aromatic carbocycles. The van der Waals surface area contributed by atoms with E-state index in [0.717, 1.165) is 16.8 Å². The van der Waals surface area contributed by atoms with Crippen LogP contribution in [0.2, 0.25) is 0 Å². The van der Waals surface area contributed by atoms with Crippen molar-refractivity contribution in [3.63, 3.8) is 0 Å². The highest BCUT2D eigenvalue weighted by molar-refractivity contribution is 9.10. The van der Waals surface area contributed by atoms with Gasteiger partial charge in [-0.15, -0.1) is 0 Å². The second-order valence-corrected chi connectivity index (χ2v) is 8.35. The molecule has 0 amide bonds. The molecule has 0 bridgehead atoms. The lowest BCUT2D eigenvalue weighted by Gasteiger charge is -2.29. The normalized spacial score (nSPS) is 20.5. The number of nitrogens with zero attached hydrogens (tertiary/aromatic N) is 5. The molecule has 1 unspecified atom stereocenters. The first-order valence-corrected chi connectivity index (χ1v) is 10.5. The molecule has 11 heteroatoms. The molecule has 1 saturated carbocycles. The van der Waals surface area contributed by atoms with Gasteiger partial charge in [0.05, 0.1) is 35.7 Å². The Kier molecular flexibility index (Phi) is 5.74. The number of hydrogen-bond acceptors (Lipinski definition) is 6. The molecule has 30 heavy (non-hydrogen) atoms. The summed E-state index contributed by atoms with van der Waals surface area (Å²) < 4.78 is 17.7. The highest BCUT2D eigenvalue weighted by Gasteiger charge is 2.34. The predicted molar refractivity (Wildman–Crippen MR) is 111 cm³/mol. The third kappa shape index (κ3) is 3.67. The zero-order chi connectivity index (χ0) is 21.4. The van der Waals surface area contributed by atoms with E-state index < -0.39 is 18.1 Å². The van der Waals surface area contributed by atoms with E-state index in [1.165, 1.54) is 0 Å². The Morgan fingerprint density at radius 1 is 1.30 bits per heavy atom. The number of carboxylic acid groups (broad SMARTS) is 1. The van der Waals surface area contributed by atoms with E-state index in [2.05, 4.69) is 26.1 Å². The molecule has 9 nitrogen and oxygen atoms in total. The maximum absolute atomic E-state index is 13.9. The van der Waals surface area contributed by atoms with Gasteiger partial charge in [0.25, 0.3) is 0 Å². The summed E-state index contributed by atoms with van der Waals surface area (Å²) >= 11 is 3.53. The number of alkyl halides is 1. The summed E-state index contributed by atoms with van der Waals surface area (Å²) in [6.45, 7) is 0.378. The van der Waals surface area contributed by atoms with Crippen molar-refractivity contribution >= 4 is 33.4 Å². The first kappa shape index (κ1) is 20.7. The first-order valence-electron chi connectivity index (χ1n) is 9.73. The predicted octanol–water partition coefficient (Wildman–Crippen LogP) is 2.63. The van der Waals surface area contributed by atoms with Crippen LogP contribution in [0.5, 0.6) is 0 Å². The molecule has 4 rings (SSSR count). The second kappa shape index (κ2) is 8.31. The first-order chi connectivity index (χ1) is 14.4. The van der Waals surface area contributed by atoms with Crippen molar-refractivity contribution in [2.45, 2.75) is 44.3 Å².